The number of rotatable bonds is 3. The number of aromatic nitrogens is 5. The molecular formula is C15H13N5O3. The van der Waals surface area contributed by atoms with Crippen LogP contribution in [0, 0.1) is 0 Å². The van der Waals surface area contributed by atoms with E-state index in [0.29, 0.717) is 29.4 Å². The van der Waals surface area contributed by atoms with Gasteiger partial charge in [0.05, 0.1) is 5.52 Å². The first-order valence-corrected chi connectivity index (χ1v) is 7.13. The number of hydrogen-bond donors (Lipinski definition) is 0. The Morgan fingerprint density at radius 1 is 1.26 bits per heavy atom. The molecule has 0 atom stereocenters. The van der Waals surface area contributed by atoms with E-state index in [1.807, 2.05) is 19.1 Å². The van der Waals surface area contributed by atoms with E-state index in [0.717, 1.165) is 11.2 Å². The summed E-state index contributed by atoms with van der Waals surface area (Å²) in [6.07, 6.45) is 1.66. The number of oxazole rings is 1. The van der Waals surface area contributed by atoms with Crippen molar-refractivity contribution in [1.29, 1.82) is 0 Å². The molecule has 0 bridgehead atoms. The summed E-state index contributed by atoms with van der Waals surface area (Å²) in [4.78, 5) is 16.1. The van der Waals surface area contributed by atoms with Crippen molar-refractivity contribution in [3.05, 3.63) is 41.0 Å². The molecule has 0 unspecified atom stereocenters. The third kappa shape index (κ3) is 2.07. The first-order chi connectivity index (χ1) is 11.2. The molecule has 0 aliphatic heterocycles. The van der Waals surface area contributed by atoms with Crippen LogP contribution in [0.3, 0.4) is 0 Å². The number of hydrogen-bond acceptors (Lipinski definition) is 6. The van der Waals surface area contributed by atoms with Gasteiger partial charge in [-0.15, -0.1) is 0 Å². The highest BCUT2D eigenvalue weighted by atomic mass is 16.5. The summed E-state index contributed by atoms with van der Waals surface area (Å²) in [5.41, 5.74) is 2.69. The topological polar surface area (TPSA) is 91.9 Å². The Bertz CT molecular complexity index is 1050. The van der Waals surface area contributed by atoms with Crippen molar-refractivity contribution in [3.8, 4) is 23.0 Å². The molecule has 0 radical (unpaired) electrons. The second-order valence-corrected chi connectivity index (χ2v) is 5.06. The summed E-state index contributed by atoms with van der Waals surface area (Å²) in [5.74, 6) is 0.436. The van der Waals surface area contributed by atoms with Crippen LogP contribution in [0.2, 0.25) is 0 Å². The van der Waals surface area contributed by atoms with Gasteiger partial charge in [0.25, 0.3) is 5.89 Å². The van der Waals surface area contributed by atoms with Crippen molar-refractivity contribution < 1.29 is 8.94 Å². The summed E-state index contributed by atoms with van der Waals surface area (Å²) in [5, 5.41) is 8.06. The van der Waals surface area contributed by atoms with Crippen LogP contribution in [0.4, 0.5) is 0 Å². The summed E-state index contributed by atoms with van der Waals surface area (Å²) in [6, 6.07) is 7.18. The molecule has 0 amide bonds. The predicted molar refractivity (Wildman–Crippen MR) is 81.6 cm³/mol. The van der Waals surface area contributed by atoms with Crippen LogP contribution in [0.5, 0.6) is 0 Å². The number of aryl methyl sites for hydroxylation is 2. The minimum atomic E-state index is -0.372. The van der Waals surface area contributed by atoms with Gasteiger partial charge in [0.2, 0.25) is 5.82 Å². The van der Waals surface area contributed by atoms with Crippen LogP contribution in [0.25, 0.3) is 34.1 Å². The van der Waals surface area contributed by atoms with Gasteiger partial charge in [0, 0.05) is 25.4 Å². The lowest BCUT2D eigenvalue weighted by Crippen LogP contribution is -2.11. The van der Waals surface area contributed by atoms with E-state index in [2.05, 4.69) is 15.2 Å². The van der Waals surface area contributed by atoms with E-state index in [1.54, 1.807) is 34.6 Å². The van der Waals surface area contributed by atoms with Crippen molar-refractivity contribution >= 4 is 11.1 Å². The Labute approximate surface area is 129 Å². The summed E-state index contributed by atoms with van der Waals surface area (Å²) < 4.78 is 13.8. The Hall–Kier alpha value is -3.16. The van der Waals surface area contributed by atoms with Crippen LogP contribution in [-0.2, 0) is 13.6 Å². The minimum Gasteiger partial charge on any atom is -0.408 e. The van der Waals surface area contributed by atoms with Gasteiger partial charge in [-0.25, -0.2) is 4.79 Å². The van der Waals surface area contributed by atoms with Gasteiger partial charge in [-0.2, -0.15) is 10.1 Å². The molecule has 0 fully saturated rings. The maximum Gasteiger partial charge on any atom is 0.419 e. The van der Waals surface area contributed by atoms with Crippen LogP contribution in [-0.4, -0.2) is 24.5 Å². The average molecular weight is 311 g/mol. The van der Waals surface area contributed by atoms with Gasteiger partial charge >= 0.3 is 5.76 Å². The molecule has 8 nitrogen and oxygen atoms in total. The van der Waals surface area contributed by atoms with Gasteiger partial charge in [0.15, 0.2) is 5.58 Å². The number of fused-ring (bicyclic) bond motifs is 1. The SMILES string of the molecule is CCn1c(=O)oc2cc(-c3noc(-c4ccnn4C)n3)ccc21. The average Bonchev–Trinajstić information content (AvgIpc) is 3.23. The number of benzene rings is 1. The standard InChI is InChI=1S/C15H13N5O3/c1-3-20-10-5-4-9(8-12(10)22-15(20)21)13-17-14(23-18-13)11-6-7-16-19(11)2/h4-8H,3H2,1-2H3. The lowest BCUT2D eigenvalue weighted by Gasteiger charge is -1.97. The zero-order chi connectivity index (χ0) is 16.0. The van der Waals surface area contributed by atoms with E-state index in [1.165, 1.54) is 0 Å². The molecule has 0 saturated heterocycles. The second kappa shape index (κ2) is 4.94. The molecule has 4 rings (SSSR count). The smallest absolute Gasteiger partial charge is 0.408 e. The lowest BCUT2D eigenvalue weighted by atomic mass is 10.2. The first kappa shape index (κ1) is 13.5. The van der Waals surface area contributed by atoms with E-state index < -0.39 is 0 Å². The number of nitrogens with zero attached hydrogens (tertiary/aromatic N) is 5. The van der Waals surface area contributed by atoms with Crippen LogP contribution in [0.1, 0.15) is 6.92 Å². The molecule has 23 heavy (non-hydrogen) atoms. The van der Waals surface area contributed by atoms with Crippen molar-refractivity contribution in [2.24, 2.45) is 7.05 Å². The third-order valence-corrected chi connectivity index (χ3v) is 3.71. The molecule has 0 aliphatic carbocycles. The van der Waals surface area contributed by atoms with Gasteiger partial charge in [0.1, 0.15) is 5.69 Å². The zero-order valence-corrected chi connectivity index (χ0v) is 12.6. The highest BCUT2D eigenvalue weighted by Gasteiger charge is 2.15. The highest BCUT2D eigenvalue weighted by molar-refractivity contribution is 5.79. The van der Waals surface area contributed by atoms with E-state index in [-0.39, 0.29) is 5.76 Å². The maximum absolute atomic E-state index is 11.8. The second-order valence-electron chi connectivity index (χ2n) is 5.06. The molecule has 4 aromatic rings. The Balaban J connectivity index is 1.79. The molecule has 116 valence electrons. The van der Waals surface area contributed by atoms with Crippen LogP contribution >= 0.6 is 0 Å². The van der Waals surface area contributed by atoms with Crippen LogP contribution < -0.4 is 5.76 Å². The highest BCUT2D eigenvalue weighted by Crippen LogP contribution is 2.24. The monoisotopic (exact) mass is 311 g/mol. The molecule has 0 aliphatic rings. The fourth-order valence-corrected chi connectivity index (χ4v) is 2.53. The molecule has 0 N–H and O–H groups in total. The van der Waals surface area contributed by atoms with Crippen molar-refractivity contribution in [2.75, 3.05) is 0 Å². The van der Waals surface area contributed by atoms with Gasteiger partial charge in [-0.3, -0.25) is 9.25 Å². The molecular weight excluding hydrogens is 298 g/mol. The van der Waals surface area contributed by atoms with E-state index >= 15 is 0 Å². The van der Waals surface area contributed by atoms with Crippen molar-refractivity contribution in [1.82, 2.24) is 24.5 Å². The fourth-order valence-electron chi connectivity index (χ4n) is 2.53. The summed E-state index contributed by atoms with van der Waals surface area (Å²) >= 11 is 0. The van der Waals surface area contributed by atoms with Gasteiger partial charge < -0.3 is 8.94 Å². The zero-order valence-electron chi connectivity index (χ0n) is 12.6. The molecule has 3 aromatic heterocycles. The van der Waals surface area contributed by atoms with E-state index in [9.17, 15) is 4.79 Å². The Morgan fingerprint density at radius 2 is 2.13 bits per heavy atom. The lowest BCUT2D eigenvalue weighted by molar-refractivity contribution is 0.428. The fraction of sp³-hybridized carbons (Fsp3) is 0.200. The molecule has 3 heterocycles. The van der Waals surface area contributed by atoms with Gasteiger partial charge in [-0.05, 0) is 31.2 Å². The molecule has 8 heteroatoms. The third-order valence-electron chi connectivity index (χ3n) is 3.71. The Morgan fingerprint density at radius 3 is 2.87 bits per heavy atom. The summed E-state index contributed by atoms with van der Waals surface area (Å²) in [6.45, 7) is 2.45. The van der Waals surface area contributed by atoms with Crippen LogP contribution in [0.15, 0.2) is 44.2 Å². The van der Waals surface area contributed by atoms with Crippen molar-refractivity contribution in [3.63, 3.8) is 0 Å². The molecule has 0 saturated carbocycles. The molecule has 1 aromatic carbocycles. The minimum absolute atomic E-state index is 0.372. The Kier molecular flexibility index (Phi) is 2.90. The summed E-state index contributed by atoms with van der Waals surface area (Å²) in [7, 11) is 1.80. The van der Waals surface area contributed by atoms with Crippen molar-refractivity contribution in [2.45, 2.75) is 13.5 Å². The molecule has 0 spiro atoms. The quantitative estimate of drug-likeness (QED) is 0.575. The normalized spacial score (nSPS) is 11.4. The predicted octanol–water partition coefficient (Wildman–Crippen LogP) is 2.06. The largest absolute Gasteiger partial charge is 0.419 e. The van der Waals surface area contributed by atoms with Gasteiger partial charge in [-0.1, -0.05) is 5.16 Å². The van der Waals surface area contributed by atoms with E-state index in [4.69, 9.17) is 8.94 Å². The first-order valence-electron chi connectivity index (χ1n) is 7.13. The maximum atomic E-state index is 11.8.